The normalized spacial score (nSPS) is 12.4. The van der Waals surface area contributed by atoms with Crippen molar-refractivity contribution in [3.63, 3.8) is 0 Å². The van der Waals surface area contributed by atoms with Crippen LogP contribution in [0, 0.1) is 0 Å². The Bertz CT molecular complexity index is 560. The maximum Gasteiger partial charge on any atom is 0.244 e. The van der Waals surface area contributed by atoms with Gasteiger partial charge in [-0.25, -0.2) is 0 Å². The van der Waals surface area contributed by atoms with Crippen LogP contribution in [0.5, 0.6) is 0 Å². The average Bonchev–Trinajstić information content (AvgIpc) is 2.39. The van der Waals surface area contributed by atoms with E-state index in [1.54, 1.807) is 11.8 Å². The van der Waals surface area contributed by atoms with Crippen LogP contribution >= 0.6 is 11.6 Å². The fourth-order valence-electron chi connectivity index (χ4n) is 2.10. The summed E-state index contributed by atoms with van der Waals surface area (Å²) in [6.45, 7) is 4.28. The standard InChI is InChI=1S/C15H16ClNO/c1-3-17(15(18)11(2)16)14-10-6-8-12-7-4-5-9-13(12)14/h4-11H,3H2,1-2H3/t11-/m1/s1. The number of amides is 1. The molecule has 1 atom stereocenters. The Morgan fingerprint density at radius 2 is 1.89 bits per heavy atom. The van der Waals surface area contributed by atoms with Crippen molar-refractivity contribution in [3.8, 4) is 0 Å². The molecule has 0 bridgehead atoms. The number of alkyl halides is 1. The van der Waals surface area contributed by atoms with Gasteiger partial charge in [0, 0.05) is 11.9 Å². The number of halogens is 1. The lowest BCUT2D eigenvalue weighted by Crippen LogP contribution is -2.35. The first-order valence-corrected chi connectivity index (χ1v) is 6.52. The predicted octanol–water partition coefficient (Wildman–Crippen LogP) is 3.82. The van der Waals surface area contributed by atoms with E-state index in [1.807, 2.05) is 49.4 Å². The molecule has 3 heteroatoms. The second kappa shape index (κ2) is 5.40. The highest BCUT2D eigenvalue weighted by atomic mass is 35.5. The van der Waals surface area contributed by atoms with Crippen LogP contribution in [-0.2, 0) is 4.79 Å². The lowest BCUT2D eigenvalue weighted by molar-refractivity contribution is -0.117. The highest BCUT2D eigenvalue weighted by molar-refractivity contribution is 6.32. The quantitative estimate of drug-likeness (QED) is 0.769. The van der Waals surface area contributed by atoms with E-state index in [2.05, 4.69) is 0 Å². The van der Waals surface area contributed by atoms with Gasteiger partial charge in [0.2, 0.25) is 5.91 Å². The third-order valence-electron chi connectivity index (χ3n) is 2.98. The van der Waals surface area contributed by atoms with Crippen molar-refractivity contribution in [1.82, 2.24) is 0 Å². The molecule has 0 aliphatic heterocycles. The molecule has 94 valence electrons. The van der Waals surface area contributed by atoms with Crippen LogP contribution in [0.15, 0.2) is 42.5 Å². The molecule has 0 N–H and O–H groups in total. The molecule has 0 aliphatic rings. The van der Waals surface area contributed by atoms with Crippen molar-refractivity contribution in [1.29, 1.82) is 0 Å². The van der Waals surface area contributed by atoms with Crippen LogP contribution in [0.3, 0.4) is 0 Å². The summed E-state index contributed by atoms with van der Waals surface area (Å²) in [5.41, 5.74) is 0.924. The number of benzene rings is 2. The van der Waals surface area contributed by atoms with Crippen LogP contribution in [0.2, 0.25) is 0 Å². The Kier molecular flexibility index (Phi) is 3.87. The summed E-state index contributed by atoms with van der Waals surface area (Å²) in [6, 6.07) is 14.0. The number of hydrogen-bond donors (Lipinski definition) is 0. The molecule has 0 spiro atoms. The first-order chi connectivity index (χ1) is 8.65. The molecule has 1 amide bonds. The zero-order chi connectivity index (χ0) is 13.1. The molecule has 0 unspecified atom stereocenters. The number of carbonyl (C=O) groups excluding carboxylic acids is 1. The number of rotatable bonds is 3. The van der Waals surface area contributed by atoms with Gasteiger partial charge in [0.15, 0.2) is 0 Å². The number of hydrogen-bond acceptors (Lipinski definition) is 1. The van der Waals surface area contributed by atoms with Crippen LogP contribution in [0.1, 0.15) is 13.8 Å². The molecule has 0 radical (unpaired) electrons. The minimum atomic E-state index is -0.510. The summed E-state index contributed by atoms with van der Waals surface area (Å²) < 4.78 is 0. The number of carbonyl (C=O) groups is 1. The molecule has 2 aromatic carbocycles. The van der Waals surface area contributed by atoms with Gasteiger partial charge in [-0.05, 0) is 25.3 Å². The molecule has 2 nitrogen and oxygen atoms in total. The molecule has 0 saturated carbocycles. The average molecular weight is 262 g/mol. The first-order valence-electron chi connectivity index (χ1n) is 6.08. The van der Waals surface area contributed by atoms with E-state index in [1.165, 1.54) is 0 Å². The van der Waals surface area contributed by atoms with Crippen molar-refractivity contribution >= 4 is 34.0 Å². The summed E-state index contributed by atoms with van der Waals surface area (Å²) in [4.78, 5) is 13.8. The van der Waals surface area contributed by atoms with Gasteiger partial charge < -0.3 is 4.90 Å². The lowest BCUT2D eigenvalue weighted by Gasteiger charge is -2.23. The zero-order valence-electron chi connectivity index (χ0n) is 10.6. The lowest BCUT2D eigenvalue weighted by atomic mass is 10.1. The van der Waals surface area contributed by atoms with Crippen LogP contribution in [0.4, 0.5) is 5.69 Å². The SMILES string of the molecule is CCN(C(=O)[C@@H](C)Cl)c1cccc2ccccc12. The Morgan fingerprint density at radius 3 is 2.56 bits per heavy atom. The number of fused-ring (bicyclic) bond motifs is 1. The fourth-order valence-corrected chi connectivity index (χ4v) is 2.22. The van der Waals surface area contributed by atoms with E-state index in [0.29, 0.717) is 6.54 Å². The fraction of sp³-hybridized carbons (Fsp3) is 0.267. The van der Waals surface area contributed by atoms with Crippen LogP contribution in [0.25, 0.3) is 10.8 Å². The summed E-state index contributed by atoms with van der Waals surface area (Å²) in [7, 11) is 0. The highest BCUT2D eigenvalue weighted by Crippen LogP contribution is 2.27. The highest BCUT2D eigenvalue weighted by Gasteiger charge is 2.19. The molecular weight excluding hydrogens is 246 g/mol. The van der Waals surface area contributed by atoms with E-state index >= 15 is 0 Å². The first kappa shape index (κ1) is 12.9. The van der Waals surface area contributed by atoms with E-state index < -0.39 is 5.38 Å². The van der Waals surface area contributed by atoms with Gasteiger partial charge in [-0.15, -0.1) is 11.6 Å². The summed E-state index contributed by atoms with van der Waals surface area (Å²) in [6.07, 6.45) is 0. The van der Waals surface area contributed by atoms with Gasteiger partial charge in [-0.2, -0.15) is 0 Å². The molecule has 2 rings (SSSR count). The third kappa shape index (κ3) is 2.34. The van der Waals surface area contributed by atoms with Crippen molar-refractivity contribution in [2.24, 2.45) is 0 Å². The Labute approximate surface area is 112 Å². The Morgan fingerprint density at radius 1 is 1.22 bits per heavy atom. The minimum absolute atomic E-state index is 0.0597. The second-order valence-corrected chi connectivity index (χ2v) is 4.85. The molecular formula is C15H16ClNO. The van der Waals surface area contributed by atoms with Crippen molar-refractivity contribution < 1.29 is 4.79 Å². The zero-order valence-corrected chi connectivity index (χ0v) is 11.3. The molecule has 18 heavy (non-hydrogen) atoms. The van der Waals surface area contributed by atoms with Crippen molar-refractivity contribution in [3.05, 3.63) is 42.5 Å². The second-order valence-electron chi connectivity index (χ2n) is 4.20. The van der Waals surface area contributed by atoms with E-state index in [-0.39, 0.29) is 5.91 Å². The summed E-state index contributed by atoms with van der Waals surface area (Å²) in [5, 5.41) is 1.69. The Hall–Kier alpha value is -1.54. The number of nitrogens with zero attached hydrogens (tertiary/aromatic N) is 1. The minimum Gasteiger partial charge on any atom is -0.311 e. The smallest absolute Gasteiger partial charge is 0.244 e. The third-order valence-corrected chi connectivity index (χ3v) is 3.17. The van der Waals surface area contributed by atoms with Gasteiger partial charge in [0.25, 0.3) is 0 Å². The largest absolute Gasteiger partial charge is 0.311 e. The van der Waals surface area contributed by atoms with Gasteiger partial charge >= 0.3 is 0 Å². The molecule has 0 aromatic heterocycles. The van der Waals surface area contributed by atoms with Gasteiger partial charge in [-0.1, -0.05) is 36.4 Å². The van der Waals surface area contributed by atoms with Gasteiger partial charge in [0.1, 0.15) is 5.38 Å². The predicted molar refractivity (Wildman–Crippen MR) is 77.3 cm³/mol. The summed E-state index contributed by atoms with van der Waals surface area (Å²) in [5.74, 6) is -0.0597. The molecule has 2 aromatic rings. The van der Waals surface area contributed by atoms with E-state index in [4.69, 9.17) is 11.6 Å². The monoisotopic (exact) mass is 261 g/mol. The van der Waals surface area contributed by atoms with E-state index in [0.717, 1.165) is 16.5 Å². The van der Waals surface area contributed by atoms with Crippen LogP contribution < -0.4 is 4.90 Å². The molecule has 0 fully saturated rings. The van der Waals surface area contributed by atoms with E-state index in [9.17, 15) is 4.79 Å². The molecule has 0 saturated heterocycles. The van der Waals surface area contributed by atoms with Gasteiger partial charge in [-0.3, -0.25) is 4.79 Å². The van der Waals surface area contributed by atoms with Gasteiger partial charge in [0.05, 0.1) is 5.69 Å². The maximum absolute atomic E-state index is 12.1. The summed E-state index contributed by atoms with van der Waals surface area (Å²) >= 11 is 5.91. The Balaban J connectivity index is 2.55. The van der Waals surface area contributed by atoms with Crippen molar-refractivity contribution in [2.45, 2.75) is 19.2 Å². The molecule has 0 aliphatic carbocycles. The topological polar surface area (TPSA) is 20.3 Å². The maximum atomic E-state index is 12.1. The van der Waals surface area contributed by atoms with Crippen molar-refractivity contribution in [2.75, 3.05) is 11.4 Å². The molecule has 0 heterocycles. The van der Waals surface area contributed by atoms with Crippen LogP contribution in [-0.4, -0.2) is 17.8 Å². The number of anilines is 1.